The lowest BCUT2D eigenvalue weighted by Gasteiger charge is -2.24. The van der Waals surface area contributed by atoms with Gasteiger partial charge in [-0.05, 0) is 33.6 Å². The fourth-order valence-electron chi connectivity index (χ4n) is 2.54. The standard InChI is InChI=1S/C16H11BrFN3O2S/c1-2-5-24-16-20-14-13(15(23)21-16)9(7-12(22)19-14)8-3-4-11(18)10(17)6-8/h1,3-4,6,9H,5,7H2,(H2,19,20,21,22,23)/t9-/m1/s1. The molecule has 5 nitrogen and oxygen atoms in total. The third-order valence-electron chi connectivity index (χ3n) is 3.57. The van der Waals surface area contributed by atoms with Crippen LogP contribution < -0.4 is 10.9 Å². The van der Waals surface area contributed by atoms with Crippen LogP contribution >= 0.6 is 27.7 Å². The van der Waals surface area contributed by atoms with Crippen LogP contribution in [-0.4, -0.2) is 21.6 Å². The van der Waals surface area contributed by atoms with Crippen molar-refractivity contribution in [2.75, 3.05) is 11.1 Å². The van der Waals surface area contributed by atoms with Crippen molar-refractivity contribution < 1.29 is 9.18 Å². The number of thioether (sulfide) groups is 1. The molecular weight excluding hydrogens is 397 g/mol. The lowest BCUT2D eigenvalue weighted by Crippen LogP contribution is -2.31. The highest BCUT2D eigenvalue weighted by Crippen LogP contribution is 2.35. The number of anilines is 1. The molecule has 0 saturated heterocycles. The minimum atomic E-state index is -0.492. The topological polar surface area (TPSA) is 74.8 Å². The van der Waals surface area contributed by atoms with Gasteiger partial charge in [0.05, 0.1) is 15.8 Å². The van der Waals surface area contributed by atoms with E-state index in [1.807, 2.05) is 0 Å². The van der Waals surface area contributed by atoms with Gasteiger partial charge in [-0.15, -0.1) is 6.42 Å². The van der Waals surface area contributed by atoms with Crippen LogP contribution in [0.3, 0.4) is 0 Å². The van der Waals surface area contributed by atoms with Gasteiger partial charge < -0.3 is 10.3 Å². The Balaban J connectivity index is 2.09. The van der Waals surface area contributed by atoms with Crippen molar-refractivity contribution in [3.8, 4) is 12.3 Å². The van der Waals surface area contributed by atoms with E-state index in [0.717, 1.165) is 0 Å². The molecule has 24 heavy (non-hydrogen) atoms. The van der Waals surface area contributed by atoms with Crippen molar-refractivity contribution in [3.63, 3.8) is 0 Å². The molecular formula is C16H11BrFN3O2S. The summed E-state index contributed by atoms with van der Waals surface area (Å²) in [5, 5.41) is 2.97. The Morgan fingerprint density at radius 2 is 2.25 bits per heavy atom. The van der Waals surface area contributed by atoms with E-state index in [0.29, 0.717) is 22.0 Å². The number of hydrogen-bond acceptors (Lipinski definition) is 4. The Labute approximate surface area is 149 Å². The summed E-state index contributed by atoms with van der Waals surface area (Å²) in [4.78, 5) is 31.4. The number of carbonyl (C=O) groups excluding carboxylic acids is 1. The highest BCUT2D eigenvalue weighted by Gasteiger charge is 2.31. The first kappa shape index (κ1) is 16.7. The highest BCUT2D eigenvalue weighted by molar-refractivity contribution is 9.10. The molecule has 0 aliphatic carbocycles. The van der Waals surface area contributed by atoms with Crippen LogP contribution in [-0.2, 0) is 4.79 Å². The van der Waals surface area contributed by atoms with Gasteiger partial charge in [0.25, 0.3) is 5.56 Å². The molecule has 1 amide bonds. The van der Waals surface area contributed by atoms with Gasteiger partial charge in [0.15, 0.2) is 5.16 Å². The lowest BCUT2D eigenvalue weighted by molar-refractivity contribution is -0.116. The molecule has 1 atom stereocenters. The number of rotatable bonds is 3. The van der Waals surface area contributed by atoms with E-state index in [4.69, 9.17) is 6.42 Å². The van der Waals surface area contributed by atoms with Crippen LogP contribution in [0.25, 0.3) is 0 Å². The van der Waals surface area contributed by atoms with E-state index in [1.165, 1.54) is 17.8 Å². The van der Waals surface area contributed by atoms with E-state index in [9.17, 15) is 14.0 Å². The number of nitrogens with one attached hydrogen (secondary N) is 2. The second-order valence-corrected chi connectivity index (χ2v) is 6.92. The molecule has 1 aliphatic rings. The molecule has 0 unspecified atom stereocenters. The average Bonchev–Trinajstić information content (AvgIpc) is 2.54. The van der Waals surface area contributed by atoms with Gasteiger partial charge in [-0.3, -0.25) is 9.59 Å². The molecule has 1 aromatic heterocycles. The Kier molecular flexibility index (Phi) is 4.73. The van der Waals surface area contributed by atoms with E-state index in [1.54, 1.807) is 12.1 Å². The highest BCUT2D eigenvalue weighted by atomic mass is 79.9. The van der Waals surface area contributed by atoms with Crippen LogP contribution in [0.5, 0.6) is 0 Å². The molecule has 1 aromatic carbocycles. The zero-order chi connectivity index (χ0) is 17.3. The van der Waals surface area contributed by atoms with Crippen LogP contribution in [0, 0.1) is 18.2 Å². The number of amides is 1. The third kappa shape index (κ3) is 3.23. The van der Waals surface area contributed by atoms with Crippen LogP contribution in [0.15, 0.2) is 32.6 Å². The van der Waals surface area contributed by atoms with E-state index < -0.39 is 11.7 Å². The zero-order valence-electron chi connectivity index (χ0n) is 12.2. The minimum absolute atomic E-state index is 0.0900. The second kappa shape index (κ2) is 6.79. The summed E-state index contributed by atoms with van der Waals surface area (Å²) in [5.41, 5.74) is 0.679. The summed E-state index contributed by atoms with van der Waals surface area (Å²) in [6.45, 7) is 0. The number of fused-ring (bicyclic) bond motifs is 1. The third-order valence-corrected chi connectivity index (χ3v) is 4.95. The largest absolute Gasteiger partial charge is 0.310 e. The van der Waals surface area contributed by atoms with Crippen molar-refractivity contribution in [1.82, 2.24) is 9.97 Å². The zero-order valence-corrected chi connectivity index (χ0v) is 14.6. The van der Waals surface area contributed by atoms with Gasteiger partial charge in [-0.25, -0.2) is 9.37 Å². The molecule has 8 heteroatoms. The smallest absolute Gasteiger partial charge is 0.257 e. The van der Waals surface area contributed by atoms with Crippen molar-refractivity contribution >= 4 is 39.4 Å². The summed E-state index contributed by atoms with van der Waals surface area (Å²) in [5.74, 6) is 1.86. The summed E-state index contributed by atoms with van der Waals surface area (Å²) >= 11 is 4.33. The molecule has 0 radical (unpaired) electrons. The number of benzene rings is 1. The first-order chi connectivity index (χ1) is 11.5. The SMILES string of the molecule is C#CCSc1nc2c(c(=O)[nH]1)[C@@H](c1ccc(F)c(Br)c1)CC(=O)N2. The van der Waals surface area contributed by atoms with Crippen LogP contribution in [0.2, 0.25) is 0 Å². The van der Waals surface area contributed by atoms with Crippen molar-refractivity contribution in [2.24, 2.45) is 0 Å². The first-order valence-electron chi connectivity index (χ1n) is 6.95. The molecule has 3 rings (SSSR count). The van der Waals surface area contributed by atoms with Crippen LogP contribution in [0.1, 0.15) is 23.5 Å². The van der Waals surface area contributed by atoms with E-state index in [2.05, 4.69) is 37.1 Å². The predicted molar refractivity (Wildman–Crippen MR) is 93.6 cm³/mol. The number of aromatic amines is 1. The fourth-order valence-corrected chi connectivity index (χ4v) is 3.48. The van der Waals surface area contributed by atoms with Gasteiger partial charge in [-0.1, -0.05) is 23.7 Å². The van der Waals surface area contributed by atoms with Crippen molar-refractivity contribution in [3.05, 3.63) is 50.0 Å². The summed E-state index contributed by atoms with van der Waals surface area (Å²) in [7, 11) is 0. The molecule has 2 aromatic rings. The molecule has 0 spiro atoms. The van der Waals surface area contributed by atoms with Gasteiger partial charge in [0, 0.05) is 12.3 Å². The maximum atomic E-state index is 13.5. The molecule has 1 aliphatic heterocycles. The Morgan fingerprint density at radius 1 is 1.46 bits per heavy atom. The molecule has 0 bridgehead atoms. The minimum Gasteiger partial charge on any atom is -0.310 e. The average molecular weight is 408 g/mol. The second-order valence-electron chi connectivity index (χ2n) is 5.10. The number of terminal acetylenes is 1. The van der Waals surface area contributed by atoms with Crippen molar-refractivity contribution in [2.45, 2.75) is 17.5 Å². The number of halogens is 2. The normalized spacial score (nSPS) is 16.2. The number of nitrogens with zero attached hydrogens (tertiary/aromatic N) is 1. The van der Waals surface area contributed by atoms with E-state index >= 15 is 0 Å². The lowest BCUT2D eigenvalue weighted by atomic mass is 9.87. The Morgan fingerprint density at radius 3 is 2.96 bits per heavy atom. The predicted octanol–water partition coefficient (Wildman–Crippen LogP) is 2.87. The van der Waals surface area contributed by atoms with Gasteiger partial charge in [0.1, 0.15) is 11.6 Å². The van der Waals surface area contributed by atoms with Gasteiger partial charge >= 0.3 is 0 Å². The molecule has 2 N–H and O–H groups in total. The maximum absolute atomic E-state index is 13.5. The number of carbonyl (C=O) groups is 1. The summed E-state index contributed by atoms with van der Waals surface area (Å²) < 4.78 is 13.7. The summed E-state index contributed by atoms with van der Waals surface area (Å²) in [6.07, 6.45) is 5.29. The van der Waals surface area contributed by atoms with Crippen molar-refractivity contribution in [1.29, 1.82) is 0 Å². The van der Waals surface area contributed by atoms with E-state index in [-0.39, 0.29) is 28.2 Å². The van der Waals surface area contributed by atoms with Gasteiger partial charge in [0.2, 0.25) is 5.91 Å². The maximum Gasteiger partial charge on any atom is 0.257 e. The van der Waals surface area contributed by atoms with Gasteiger partial charge in [-0.2, -0.15) is 0 Å². The monoisotopic (exact) mass is 407 g/mol. The molecule has 0 fully saturated rings. The Hall–Kier alpha value is -2.11. The number of hydrogen-bond donors (Lipinski definition) is 2. The Bertz CT molecular complexity index is 923. The number of aromatic nitrogens is 2. The van der Waals surface area contributed by atoms with Crippen LogP contribution in [0.4, 0.5) is 10.2 Å². The quantitative estimate of drug-likeness (QED) is 0.466. The fraction of sp³-hybridized carbons (Fsp3) is 0.188. The summed E-state index contributed by atoms with van der Waals surface area (Å²) in [6, 6.07) is 4.43. The molecule has 2 heterocycles. The molecule has 0 saturated carbocycles. The number of H-pyrrole nitrogens is 1. The first-order valence-corrected chi connectivity index (χ1v) is 8.72. The molecule has 122 valence electrons.